The molecule has 0 fully saturated rings. The number of aromatic nitrogens is 4. The fourth-order valence-electron chi connectivity index (χ4n) is 1.47. The number of aryl methyl sites for hydroxylation is 1. The van der Waals surface area contributed by atoms with Crippen molar-refractivity contribution in [2.24, 2.45) is 0 Å². The third-order valence-electron chi connectivity index (χ3n) is 2.11. The molecule has 0 aliphatic heterocycles. The second kappa shape index (κ2) is 5.70. The van der Waals surface area contributed by atoms with Crippen LogP contribution in [0.5, 0.6) is 0 Å². The molecular formula is C11H15N7S. The standard InChI is InChI=1S/C11H15N7S/c1-3-14-9-5-10(16-6(2)15-9)19-11-17-7(12)4-8(13)18-11/h4-5H,3H2,1-2H3,(H,14,15,16)(H4,12,13,17,18). The van der Waals surface area contributed by atoms with E-state index >= 15 is 0 Å². The van der Waals surface area contributed by atoms with Crippen molar-refractivity contribution in [1.29, 1.82) is 0 Å². The van der Waals surface area contributed by atoms with Crippen molar-refractivity contribution in [2.75, 3.05) is 23.3 Å². The maximum absolute atomic E-state index is 5.63. The molecule has 0 aliphatic carbocycles. The third kappa shape index (κ3) is 3.68. The van der Waals surface area contributed by atoms with Crippen LogP contribution in [0.1, 0.15) is 12.7 Å². The number of nitrogen functional groups attached to an aromatic ring is 2. The zero-order valence-electron chi connectivity index (χ0n) is 10.7. The molecule has 0 bridgehead atoms. The first-order valence-electron chi connectivity index (χ1n) is 5.74. The van der Waals surface area contributed by atoms with Gasteiger partial charge in [-0.3, -0.25) is 0 Å². The third-order valence-corrected chi connectivity index (χ3v) is 2.90. The summed E-state index contributed by atoms with van der Waals surface area (Å²) in [5, 5.41) is 4.36. The zero-order chi connectivity index (χ0) is 13.8. The Hall–Kier alpha value is -2.09. The maximum atomic E-state index is 5.63. The van der Waals surface area contributed by atoms with Gasteiger partial charge in [0.15, 0.2) is 5.16 Å². The number of hydrogen-bond acceptors (Lipinski definition) is 8. The molecule has 0 aliphatic rings. The first-order chi connectivity index (χ1) is 9.06. The molecule has 5 N–H and O–H groups in total. The van der Waals surface area contributed by atoms with Crippen LogP contribution in [0, 0.1) is 6.92 Å². The predicted molar refractivity (Wildman–Crippen MR) is 75.9 cm³/mol. The Kier molecular flexibility index (Phi) is 4.00. The van der Waals surface area contributed by atoms with Gasteiger partial charge in [-0.15, -0.1) is 0 Å². The predicted octanol–water partition coefficient (Wildman–Crippen LogP) is 1.32. The molecule has 0 aromatic carbocycles. The molecule has 2 aromatic rings. The summed E-state index contributed by atoms with van der Waals surface area (Å²) in [6, 6.07) is 3.35. The summed E-state index contributed by atoms with van der Waals surface area (Å²) in [5.74, 6) is 2.13. The van der Waals surface area contributed by atoms with E-state index in [4.69, 9.17) is 11.5 Å². The highest BCUT2D eigenvalue weighted by Crippen LogP contribution is 2.25. The summed E-state index contributed by atoms with van der Waals surface area (Å²) < 4.78 is 0. The fraction of sp³-hybridized carbons (Fsp3) is 0.273. The van der Waals surface area contributed by atoms with Crippen molar-refractivity contribution < 1.29 is 0 Å². The number of rotatable bonds is 4. The molecule has 0 amide bonds. The van der Waals surface area contributed by atoms with Crippen LogP contribution in [0.3, 0.4) is 0 Å². The van der Waals surface area contributed by atoms with Crippen LogP contribution in [-0.4, -0.2) is 26.5 Å². The molecule has 2 rings (SSSR count). The Balaban J connectivity index is 2.27. The number of anilines is 3. The minimum Gasteiger partial charge on any atom is -0.383 e. The van der Waals surface area contributed by atoms with Gasteiger partial charge in [-0.2, -0.15) is 0 Å². The lowest BCUT2D eigenvalue weighted by Gasteiger charge is -2.06. The fourth-order valence-corrected chi connectivity index (χ4v) is 2.30. The lowest BCUT2D eigenvalue weighted by Crippen LogP contribution is -2.03. The van der Waals surface area contributed by atoms with Gasteiger partial charge in [-0.05, 0) is 25.6 Å². The van der Waals surface area contributed by atoms with Gasteiger partial charge in [0.1, 0.15) is 28.3 Å². The summed E-state index contributed by atoms with van der Waals surface area (Å²) in [7, 11) is 0. The van der Waals surface area contributed by atoms with Crippen LogP contribution in [0.2, 0.25) is 0 Å². The van der Waals surface area contributed by atoms with Gasteiger partial charge in [0.05, 0.1) is 0 Å². The molecule has 7 nitrogen and oxygen atoms in total. The summed E-state index contributed by atoms with van der Waals surface area (Å²) in [6.45, 7) is 4.63. The molecule has 8 heteroatoms. The van der Waals surface area contributed by atoms with Crippen molar-refractivity contribution in [3.8, 4) is 0 Å². The van der Waals surface area contributed by atoms with E-state index < -0.39 is 0 Å². The highest BCUT2D eigenvalue weighted by atomic mass is 32.2. The number of hydrogen-bond donors (Lipinski definition) is 3. The van der Waals surface area contributed by atoms with Gasteiger partial charge in [-0.25, -0.2) is 19.9 Å². The topological polar surface area (TPSA) is 116 Å². The Bertz CT molecular complexity index is 567. The van der Waals surface area contributed by atoms with E-state index in [1.54, 1.807) is 0 Å². The van der Waals surface area contributed by atoms with Crippen LogP contribution >= 0.6 is 11.8 Å². The smallest absolute Gasteiger partial charge is 0.197 e. The summed E-state index contributed by atoms with van der Waals surface area (Å²) in [6.07, 6.45) is 0. The largest absolute Gasteiger partial charge is 0.383 e. The quantitative estimate of drug-likeness (QED) is 0.566. The van der Waals surface area contributed by atoms with Crippen molar-refractivity contribution >= 4 is 29.2 Å². The van der Waals surface area contributed by atoms with Crippen molar-refractivity contribution in [2.45, 2.75) is 24.0 Å². The molecule has 2 heterocycles. The van der Waals surface area contributed by atoms with Gasteiger partial charge in [-0.1, -0.05) is 0 Å². The van der Waals surface area contributed by atoms with Crippen LogP contribution < -0.4 is 16.8 Å². The molecule has 0 saturated heterocycles. The second-order valence-electron chi connectivity index (χ2n) is 3.77. The van der Waals surface area contributed by atoms with Crippen LogP contribution in [0.4, 0.5) is 17.5 Å². The molecule has 0 unspecified atom stereocenters. The van der Waals surface area contributed by atoms with E-state index in [2.05, 4.69) is 25.3 Å². The summed E-state index contributed by atoms with van der Waals surface area (Å²) in [5.41, 5.74) is 11.3. The van der Waals surface area contributed by atoms with Gasteiger partial charge in [0.25, 0.3) is 0 Å². The number of nitrogens with two attached hydrogens (primary N) is 2. The lowest BCUT2D eigenvalue weighted by molar-refractivity contribution is 0.941. The molecular weight excluding hydrogens is 262 g/mol. The van der Waals surface area contributed by atoms with Crippen molar-refractivity contribution in [1.82, 2.24) is 19.9 Å². The molecule has 100 valence electrons. The van der Waals surface area contributed by atoms with Crippen molar-refractivity contribution in [3.05, 3.63) is 18.0 Å². The van der Waals surface area contributed by atoms with Gasteiger partial charge in [0, 0.05) is 18.7 Å². The van der Waals surface area contributed by atoms with Crippen molar-refractivity contribution in [3.63, 3.8) is 0 Å². The first-order valence-corrected chi connectivity index (χ1v) is 6.56. The molecule has 2 aromatic heterocycles. The highest BCUT2D eigenvalue weighted by molar-refractivity contribution is 7.99. The summed E-state index contributed by atoms with van der Waals surface area (Å²) >= 11 is 1.30. The van der Waals surface area contributed by atoms with Crippen LogP contribution in [-0.2, 0) is 0 Å². The van der Waals surface area contributed by atoms with E-state index in [-0.39, 0.29) is 0 Å². The van der Waals surface area contributed by atoms with E-state index in [1.807, 2.05) is 19.9 Å². The molecule has 0 spiro atoms. The average molecular weight is 277 g/mol. The van der Waals surface area contributed by atoms with E-state index in [0.717, 1.165) is 17.4 Å². The number of nitrogens with one attached hydrogen (secondary N) is 1. The SMILES string of the molecule is CCNc1cc(Sc2nc(N)cc(N)n2)nc(C)n1. The van der Waals surface area contributed by atoms with Gasteiger partial charge < -0.3 is 16.8 Å². The monoisotopic (exact) mass is 277 g/mol. The Morgan fingerprint density at radius 2 is 1.79 bits per heavy atom. The Morgan fingerprint density at radius 1 is 1.11 bits per heavy atom. The number of nitrogens with zero attached hydrogens (tertiary/aromatic N) is 4. The van der Waals surface area contributed by atoms with Gasteiger partial charge in [0.2, 0.25) is 0 Å². The summed E-state index contributed by atoms with van der Waals surface area (Å²) in [4.78, 5) is 16.8. The minimum atomic E-state index is 0.340. The Morgan fingerprint density at radius 3 is 2.42 bits per heavy atom. The minimum absolute atomic E-state index is 0.340. The van der Waals surface area contributed by atoms with E-state index in [9.17, 15) is 0 Å². The van der Waals surface area contributed by atoms with Gasteiger partial charge >= 0.3 is 0 Å². The lowest BCUT2D eigenvalue weighted by atomic mass is 10.5. The molecule has 19 heavy (non-hydrogen) atoms. The Labute approximate surface area is 115 Å². The molecule has 0 radical (unpaired) electrons. The first kappa shape index (κ1) is 13.3. The maximum Gasteiger partial charge on any atom is 0.197 e. The molecule has 0 saturated carbocycles. The van der Waals surface area contributed by atoms with E-state index in [0.29, 0.717) is 22.6 Å². The second-order valence-corrected chi connectivity index (χ2v) is 4.76. The zero-order valence-corrected chi connectivity index (χ0v) is 11.5. The average Bonchev–Trinajstić information content (AvgIpc) is 2.26. The van der Waals surface area contributed by atoms with Crippen LogP contribution in [0.15, 0.2) is 22.3 Å². The molecule has 0 atom stereocenters. The normalized spacial score (nSPS) is 10.4. The van der Waals surface area contributed by atoms with Crippen LogP contribution in [0.25, 0.3) is 0 Å². The highest BCUT2D eigenvalue weighted by Gasteiger charge is 2.07. The van der Waals surface area contributed by atoms with E-state index in [1.165, 1.54) is 17.8 Å².